The quantitative estimate of drug-likeness (QED) is 0.787. The fourth-order valence-corrected chi connectivity index (χ4v) is 1.65. The van der Waals surface area contributed by atoms with Gasteiger partial charge in [0.05, 0.1) is 13.0 Å². The van der Waals surface area contributed by atoms with Crippen LogP contribution in [0.3, 0.4) is 0 Å². The number of ether oxygens (including phenoxy) is 2. The van der Waals surface area contributed by atoms with Crippen LogP contribution >= 0.6 is 0 Å². The Bertz CT molecular complexity index is 294. The van der Waals surface area contributed by atoms with Crippen LogP contribution in [0.5, 0.6) is 0 Å². The molecule has 0 saturated carbocycles. The molecule has 1 amide bonds. The molecule has 106 valence electrons. The maximum Gasteiger partial charge on any atom is 0.407 e. The van der Waals surface area contributed by atoms with Gasteiger partial charge in [-0.15, -0.1) is 0 Å². The summed E-state index contributed by atoms with van der Waals surface area (Å²) in [7, 11) is 1.34. The first-order valence-corrected chi connectivity index (χ1v) is 6.15. The Morgan fingerprint density at radius 1 is 1.11 bits per heavy atom. The van der Waals surface area contributed by atoms with Gasteiger partial charge in [-0.3, -0.25) is 4.79 Å². The summed E-state index contributed by atoms with van der Waals surface area (Å²) in [6.45, 7) is 11.0. The fraction of sp³-hybridized carbons (Fsp3) is 0.846. The molecule has 0 aromatic heterocycles. The minimum absolute atomic E-state index is 0.103. The van der Waals surface area contributed by atoms with Crippen molar-refractivity contribution in [1.82, 2.24) is 5.32 Å². The van der Waals surface area contributed by atoms with E-state index in [9.17, 15) is 9.59 Å². The van der Waals surface area contributed by atoms with E-state index in [-0.39, 0.29) is 17.9 Å². The van der Waals surface area contributed by atoms with Crippen molar-refractivity contribution in [1.29, 1.82) is 0 Å². The van der Waals surface area contributed by atoms with Gasteiger partial charge in [0.2, 0.25) is 0 Å². The molecule has 0 heterocycles. The third-order valence-corrected chi connectivity index (χ3v) is 2.51. The van der Waals surface area contributed by atoms with E-state index in [2.05, 4.69) is 5.32 Å². The lowest BCUT2D eigenvalue weighted by Gasteiger charge is -2.28. The van der Waals surface area contributed by atoms with Crippen molar-refractivity contribution in [3.05, 3.63) is 0 Å². The molecule has 0 spiro atoms. The number of hydrogen-bond acceptors (Lipinski definition) is 4. The van der Waals surface area contributed by atoms with Crippen LogP contribution in [-0.2, 0) is 14.3 Å². The first kappa shape index (κ1) is 16.7. The SMILES string of the molecule is COC(=O)[C@@H](C)[C@@H](NC(=O)OC(C)(C)C)C(C)C. The summed E-state index contributed by atoms with van der Waals surface area (Å²) in [5, 5.41) is 2.73. The first-order chi connectivity index (χ1) is 8.08. The number of hydrogen-bond donors (Lipinski definition) is 1. The van der Waals surface area contributed by atoms with E-state index < -0.39 is 17.6 Å². The van der Waals surface area contributed by atoms with Gasteiger partial charge in [0.25, 0.3) is 0 Å². The standard InChI is InChI=1S/C13H25NO4/c1-8(2)10(9(3)11(15)17-7)14-12(16)18-13(4,5)6/h8-10H,1-7H3,(H,14,16)/t9-,10-/m0/s1. The van der Waals surface area contributed by atoms with Crippen LogP contribution in [0.1, 0.15) is 41.5 Å². The Morgan fingerprint density at radius 2 is 1.61 bits per heavy atom. The minimum atomic E-state index is -0.555. The molecule has 0 aromatic carbocycles. The van der Waals surface area contributed by atoms with E-state index in [1.54, 1.807) is 27.7 Å². The maximum absolute atomic E-state index is 11.7. The second-order valence-corrected chi connectivity index (χ2v) is 5.73. The van der Waals surface area contributed by atoms with Gasteiger partial charge in [-0.2, -0.15) is 0 Å². The summed E-state index contributed by atoms with van der Waals surface area (Å²) in [4.78, 5) is 23.2. The highest BCUT2D eigenvalue weighted by Crippen LogP contribution is 2.15. The summed E-state index contributed by atoms with van der Waals surface area (Å²) in [5.41, 5.74) is -0.555. The molecule has 0 fully saturated rings. The largest absolute Gasteiger partial charge is 0.469 e. The number of methoxy groups -OCH3 is 1. The highest BCUT2D eigenvalue weighted by molar-refractivity contribution is 5.74. The van der Waals surface area contributed by atoms with Gasteiger partial charge in [-0.25, -0.2) is 4.79 Å². The maximum atomic E-state index is 11.7. The summed E-state index contributed by atoms with van der Waals surface area (Å²) in [5.74, 6) is -0.654. The van der Waals surface area contributed by atoms with Crippen LogP contribution < -0.4 is 5.32 Å². The van der Waals surface area contributed by atoms with Crippen LogP contribution in [0.4, 0.5) is 4.79 Å². The van der Waals surface area contributed by atoms with Crippen LogP contribution in [0.15, 0.2) is 0 Å². The number of esters is 1. The van der Waals surface area contributed by atoms with Crippen molar-refractivity contribution in [3.8, 4) is 0 Å². The molecule has 0 bridgehead atoms. The second kappa shape index (κ2) is 6.61. The van der Waals surface area contributed by atoms with Crippen molar-refractivity contribution >= 4 is 12.1 Å². The monoisotopic (exact) mass is 259 g/mol. The highest BCUT2D eigenvalue weighted by Gasteiger charge is 2.30. The Morgan fingerprint density at radius 3 is 1.94 bits per heavy atom. The van der Waals surface area contributed by atoms with Crippen LogP contribution in [0, 0.1) is 11.8 Å². The lowest BCUT2D eigenvalue weighted by atomic mass is 9.92. The van der Waals surface area contributed by atoms with E-state index in [1.165, 1.54) is 7.11 Å². The van der Waals surface area contributed by atoms with Gasteiger partial charge < -0.3 is 14.8 Å². The Balaban J connectivity index is 4.64. The lowest BCUT2D eigenvalue weighted by Crippen LogP contribution is -2.47. The highest BCUT2D eigenvalue weighted by atomic mass is 16.6. The van der Waals surface area contributed by atoms with Crippen molar-refractivity contribution in [2.75, 3.05) is 7.11 Å². The normalized spacial score (nSPS) is 14.9. The van der Waals surface area contributed by atoms with Crippen LogP contribution in [-0.4, -0.2) is 30.8 Å². The van der Waals surface area contributed by atoms with Crippen molar-refractivity contribution < 1.29 is 19.1 Å². The first-order valence-electron chi connectivity index (χ1n) is 6.15. The van der Waals surface area contributed by atoms with Gasteiger partial charge in [0, 0.05) is 6.04 Å². The minimum Gasteiger partial charge on any atom is -0.469 e. The number of rotatable bonds is 4. The average molecular weight is 259 g/mol. The summed E-state index contributed by atoms with van der Waals surface area (Å²) < 4.78 is 9.87. The predicted molar refractivity (Wildman–Crippen MR) is 69.2 cm³/mol. The number of alkyl carbamates (subject to hydrolysis) is 1. The molecular weight excluding hydrogens is 234 g/mol. The molecule has 1 N–H and O–H groups in total. The molecule has 0 aliphatic heterocycles. The fourth-order valence-electron chi connectivity index (χ4n) is 1.65. The molecule has 5 heteroatoms. The van der Waals surface area contributed by atoms with Crippen LogP contribution in [0.25, 0.3) is 0 Å². The van der Waals surface area contributed by atoms with Gasteiger partial charge >= 0.3 is 12.1 Å². The van der Waals surface area contributed by atoms with Gasteiger partial charge in [0.1, 0.15) is 5.60 Å². The van der Waals surface area contributed by atoms with E-state index in [0.29, 0.717) is 0 Å². The zero-order valence-corrected chi connectivity index (χ0v) is 12.4. The van der Waals surface area contributed by atoms with Gasteiger partial charge in [0.15, 0.2) is 0 Å². The third kappa shape index (κ3) is 5.89. The third-order valence-electron chi connectivity index (χ3n) is 2.51. The molecule has 0 aliphatic rings. The second-order valence-electron chi connectivity index (χ2n) is 5.73. The van der Waals surface area contributed by atoms with Gasteiger partial charge in [-0.1, -0.05) is 13.8 Å². The smallest absolute Gasteiger partial charge is 0.407 e. The molecule has 18 heavy (non-hydrogen) atoms. The molecule has 2 atom stereocenters. The van der Waals surface area contributed by atoms with Crippen molar-refractivity contribution in [3.63, 3.8) is 0 Å². The zero-order valence-electron chi connectivity index (χ0n) is 12.4. The van der Waals surface area contributed by atoms with Crippen molar-refractivity contribution in [2.24, 2.45) is 11.8 Å². The van der Waals surface area contributed by atoms with E-state index in [0.717, 1.165) is 0 Å². The number of carbonyl (C=O) groups excluding carboxylic acids is 2. The topological polar surface area (TPSA) is 64.6 Å². The Hall–Kier alpha value is -1.26. The predicted octanol–water partition coefficient (Wildman–Crippen LogP) is 2.34. The van der Waals surface area contributed by atoms with E-state index in [1.807, 2.05) is 13.8 Å². The molecule has 0 radical (unpaired) electrons. The molecule has 0 aliphatic carbocycles. The van der Waals surface area contributed by atoms with Crippen molar-refractivity contribution in [2.45, 2.75) is 53.2 Å². The molecule has 0 rings (SSSR count). The number of carbonyl (C=O) groups is 2. The number of nitrogens with one attached hydrogen (secondary N) is 1. The van der Waals surface area contributed by atoms with Gasteiger partial charge in [-0.05, 0) is 33.6 Å². The summed E-state index contributed by atoms with van der Waals surface area (Å²) in [6.07, 6.45) is -0.517. The van der Waals surface area contributed by atoms with Crippen LogP contribution in [0.2, 0.25) is 0 Å². The molecule has 5 nitrogen and oxygen atoms in total. The Kier molecular flexibility index (Phi) is 6.15. The molecule has 0 aromatic rings. The molecule has 0 saturated heterocycles. The lowest BCUT2D eigenvalue weighted by molar-refractivity contribution is -0.146. The Labute approximate surface area is 109 Å². The van der Waals surface area contributed by atoms with E-state index >= 15 is 0 Å². The molecule has 0 unspecified atom stereocenters. The molecular formula is C13H25NO4. The summed E-state index contributed by atoms with van der Waals surface area (Å²) >= 11 is 0. The van der Waals surface area contributed by atoms with E-state index in [4.69, 9.17) is 9.47 Å². The average Bonchev–Trinajstić information content (AvgIpc) is 2.20. The summed E-state index contributed by atoms with van der Waals surface area (Å²) in [6, 6.07) is -0.313. The zero-order chi connectivity index (χ0) is 14.5. The number of amides is 1.